The van der Waals surface area contributed by atoms with E-state index in [9.17, 15) is 14.0 Å². The monoisotopic (exact) mass is 330 g/mol. The first-order chi connectivity index (χ1) is 11.4. The van der Waals surface area contributed by atoms with Crippen LogP contribution in [0, 0.1) is 5.82 Å². The summed E-state index contributed by atoms with van der Waals surface area (Å²) in [5.74, 6) is -0.265. The summed E-state index contributed by atoms with van der Waals surface area (Å²) in [6.45, 7) is 3.46. The lowest BCUT2D eigenvalue weighted by atomic mass is 10.1. The second kappa shape index (κ2) is 8.10. The van der Waals surface area contributed by atoms with Crippen molar-refractivity contribution in [2.75, 3.05) is 11.9 Å². The molecule has 2 N–H and O–H groups in total. The van der Waals surface area contributed by atoms with E-state index in [4.69, 9.17) is 4.74 Å². The number of benzene rings is 2. The molecule has 126 valence electrons. The van der Waals surface area contributed by atoms with E-state index in [0.717, 1.165) is 0 Å². The van der Waals surface area contributed by atoms with Crippen LogP contribution >= 0.6 is 0 Å². The van der Waals surface area contributed by atoms with Crippen molar-refractivity contribution < 1.29 is 18.7 Å². The van der Waals surface area contributed by atoms with Crippen LogP contribution in [0.2, 0.25) is 0 Å². The average Bonchev–Trinajstić information content (AvgIpc) is 2.54. The normalized spacial score (nSPS) is 11.5. The van der Waals surface area contributed by atoms with Crippen molar-refractivity contribution in [3.63, 3.8) is 0 Å². The molecule has 0 fully saturated rings. The van der Waals surface area contributed by atoms with Gasteiger partial charge in [0, 0.05) is 18.2 Å². The first-order valence-corrected chi connectivity index (χ1v) is 7.51. The zero-order valence-electron chi connectivity index (χ0n) is 13.5. The summed E-state index contributed by atoms with van der Waals surface area (Å²) in [6.07, 6.45) is 0. The number of carbonyl (C=O) groups excluding carboxylic acids is 2. The van der Waals surface area contributed by atoms with Gasteiger partial charge in [-0.25, -0.2) is 4.39 Å². The Morgan fingerprint density at radius 3 is 2.54 bits per heavy atom. The molecule has 2 amide bonds. The Labute approximate surface area is 139 Å². The van der Waals surface area contributed by atoms with E-state index in [1.165, 1.54) is 31.2 Å². The van der Waals surface area contributed by atoms with E-state index >= 15 is 0 Å². The van der Waals surface area contributed by atoms with Gasteiger partial charge in [0.05, 0.1) is 6.04 Å². The summed E-state index contributed by atoms with van der Waals surface area (Å²) in [6, 6.07) is 12.1. The minimum absolute atomic E-state index is 0.200. The Morgan fingerprint density at radius 1 is 1.17 bits per heavy atom. The maximum Gasteiger partial charge on any atom is 0.251 e. The fourth-order valence-electron chi connectivity index (χ4n) is 2.04. The molecule has 2 aromatic carbocycles. The number of amides is 2. The molecule has 5 nitrogen and oxygen atoms in total. The van der Waals surface area contributed by atoms with Crippen molar-refractivity contribution in [3.05, 3.63) is 59.9 Å². The van der Waals surface area contributed by atoms with E-state index < -0.39 is 0 Å². The molecule has 0 radical (unpaired) electrons. The van der Waals surface area contributed by atoms with Crippen LogP contribution in [-0.4, -0.2) is 24.5 Å². The molecule has 0 aliphatic heterocycles. The predicted molar refractivity (Wildman–Crippen MR) is 89.6 cm³/mol. The lowest BCUT2D eigenvalue weighted by Gasteiger charge is -2.15. The number of nitrogens with one attached hydrogen (secondary N) is 2. The molecule has 0 spiro atoms. The Kier molecular flexibility index (Phi) is 5.89. The van der Waals surface area contributed by atoms with Crippen LogP contribution in [0.15, 0.2) is 48.5 Å². The van der Waals surface area contributed by atoms with Crippen LogP contribution < -0.4 is 15.4 Å². The minimum Gasteiger partial charge on any atom is -0.491 e. The number of ether oxygens (including phenoxy) is 1. The largest absolute Gasteiger partial charge is 0.491 e. The van der Waals surface area contributed by atoms with Crippen molar-refractivity contribution in [2.45, 2.75) is 19.9 Å². The lowest BCUT2D eigenvalue weighted by Crippen LogP contribution is -2.36. The average molecular weight is 330 g/mol. The predicted octanol–water partition coefficient (Wildman–Crippen LogP) is 2.98. The standard InChI is InChI=1S/C18H19FN2O3/c1-12(11-24-17-8-6-15(19)7-9-17)20-18(23)14-4-3-5-16(10-14)21-13(2)22/h3-10,12H,11H2,1-2H3,(H,20,23)(H,21,22). The Bertz CT molecular complexity index is 716. The quantitative estimate of drug-likeness (QED) is 0.856. The third kappa shape index (κ3) is 5.39. The van der Waals surface area contributed by atoms with Gasteiger partial charge in [-0.15, -0.1) is 0 Å². The lowest BCUT2D eigenvalue weighted by molar-refractivity contribution is -0.114. The van der Waals surface area contributed by atoms with Crippen molar-refractivity contribution in [1.82, 2.24) is 5.32 Å². The molecule has 0 aromatic heterocycles. The van der Waals surface area contributed by atoms with Crippen LogP contribution in [0.3, 0.4) is 0 Å². The molecule has 0 saturated carbocycles. The van der Waals surface area contributed by atoms with Gasteiger partial charge in [-0.05, 0) is 49.4 Å². The highest BCUT2D eigenvalue weighted by atomic mass is 19.1. The zero-order chi connectivity index (χ0) is 17.5. The highest BCUT2D eigenvalue weighted by molar-refractivity contribution is 5.96. The summed E-state index contributed by atoms with van der Waals surface area (Å²) in [5.41, 5.74) is 1.00. The molecular weight excluding hydrogens is 311 g/mol. The first-order valence-electron chi connectivity index (χ1n) is 7.51. The van der Waals surface area contributed by atoms with Gasteiger partial charge >= 0.3 is 0 Å². The molecule has 24 heavy (non-hydrogen) atoms. The highest BCUT2D eigenvalue weighted by Crippen LogP contribution is 2.12. The summed E-state index contributed by atoms with van der Waals surface area (Å²) >= 11 is 0. The van der Waals surface area contributed by atoms with Crippen molar-refractivity contribution in [3.8, 4) is 5.75 Å². The second-order valence-corrected chi connectivity index (χ2v) is 5.40. The van der Waals surface area contributed by atoms with Gasteiger partial charge in [-0.2, -0.15) is 0 Å². The van der Waals surface area contributed by atoms with E-state index in [1.807, 2.05) is 0 Å². The van der Waals surface area contributed by atoms with Gasteiger partial charge < -0.3 is 15.4 Å². The molecule has 0 aliphatic carbocycles. The molecule has 1 unspecified atom stereocenters. The maximum atomic E-state index is 12.8. The molecule has 6 heteroatoms. The summed E-state index contributed by atoms with van der Waals surface area (Å²) < 4.78 is 18.3. The van der Waals surface area contributed by atoms with Crippen LogP contribution in [0.5, 0.6) is 5.75 Å². The topological polar surface area (TPSA) is 67.4 Å². The minimum atomic E-state index is -0.331. The fourth-order valence-corrected chi connectivity index (χ4v) is 2.04. The Hall–Kier alpha value is -2.89. The Balaban J connectivity index is 1.89. The van der Waals surface area contributed by atoms with Crippen molar-refractivity contribution in [1.29, 1.82) is 0 Å². The number of carbonyl (C=O) groups is 2. The van der Waals surface area contributed by atoms with E-state index in [1.54, 1.807) is 31.2 Å². The second-order valence-electron chi connectivity index (χ2n) is 5.40. The zero-order valence-corrected chi connectivity index (χ0v) is 13.5. The number of hydrogen-bond acceptors (Lipinski definition) is 3. The summed E-state index contributed by atoms with van der Waals surface area (Å²) in [4.78, 5) is 23.3. The molecule has 0 bridgehead atoms. The van der Waals surface area contributed by atoms with Gasteiger partial charge in [-0.1, -0.05) is 6.07 Å². The highest BCUT2D eigenvalue weighted by Gasteiger charge is 2.11. The molecule has 1 atom stereocenters. The molecule has 2 aromatic rings. The summed E-state index contributed by atoms with van der Waals surface area (Å²) in [5, 5.41) is 5.44. The third-order valence-electron chi connectivity index (χ3n) is 3.14. The number of rotatable bonds is 6. The smallest absolute Gasteiger partial charge is 0.251 e. The van der Waals surface area contributed by atoms with Crippen LogP contribution in [-0.2, 0) is 4.79 Å². The molecular formula is C18H19FN2O3. The Morgan fingerprint density at radius 2 is 1.88 bits per heavy atom. The number of halogens is 1. The van der Waals surface area contributed by atoms with Gasteiger partial charge in [0.1, 0.15) is 18.2 Å². The van der Waals surface area contributed by atoms with Crippen molar-refractivity contribution in [2.24, 2.45) is 0 Å². The molecule has 2 rings (SSSR count). The van der Waals surface area contributed by atoms with E-state index in [2.05, 4.69) is 10.6 Å². The van der Waals surface area contributed by atoms with Crippen molar-refractivity contribution >= 4 is 17.5 Å². The van der Waals surface area contributed by atoms with Gasteiger partial charge in [0.2, 0.25) is 5.91 Å². The van der Waals surface area contributed by atoms with Gasteiger partial charge in [-0.3, -0.25) is 9.59 Å². The van der Waals surface area contributed by atoms with Gasteiger partial charge in [0.25, 0.3) is 5.91 Å². The van der Waals surface area contributed by atoms with Crippen LogP contribution in [0.4, 0.5) is 10.1 Å². The summed E-state index contributed by atoms with van der Waals surface area (Å²) in [7, 11) is 0. The van der Waals surface area contributed by atoms with Crippen LogP contribution in [0.25, 0.3) is 0 Å². The van der Waals surface area contributed by atoms with E-state index in [0.29, 0.717) is 17.0 Å². The van der Waals surface area contributed by atoms with E-state index in [-0.39, 0.29) is 30.3 Å². The fraction of sp³-hybridized carbons (Fsp3) is 0.222. The van der Waals surface area contributed by atoms with Gasteiger partial charge in [0.15, 0.2) is 0 Å². The SMILES string of the molecule is CC(=O)Nc1cccc(C(=O)NC(C)COc2ccc(F)cc2)c1. The molecule has 0 heterocycles. The maximum absolute atomic E-state index is 12.8. The molecule has 0 saturated heterocycles. The third-order valence-corrected chi connectivity index (χ3v) is 3.14. The number of hydrogen-bond donors (Lipinski definition) is 2. The molecule has 0 aliphatic rings. The van der Waals surface area contributed by atoms with Crippen LogP contribution in [0.1, 0.15) is 24.2 Å². The number of anilines is 1. The first kappa shape index (κ1) is 17.5.